The van der Waals surface area contributed by atoms with Crippen molar-refractivity contribution in [3.63, 3.8) is 0 Å². The first-order valence-corrected chi connectivity index (χ1v) is 5.46. The number of hydrogen-bond acceptors (Lipinski definition) is 4. The van der Waals surface area contributed by atoms with Crippen molar-refractivity contribution in [1.29, 1.82) is 0 Å². The molecule has 0 amide bonds. The predicted molar refractivity (Wildman–Crippen MR) is 67.8 cm³/mol. The molecule has 88 valence electrons. The fourth-order valence-electron chi connectivity index (χ4n) is 1.57. The van der Waals surface area contributed by atoms with Gasteiger partial charge in [-0.05, 0) is 12.1 Å². The molecule has 0 aliphatic rings. The number of rotatable bonds is 3. The number of aromatic nitrogens is 3. The van der Waals surface area contributed by atoms with Gasteiger partial charge in [0.25, 0.3) is 0 Å². The molecule has 2 aromatic heterocycles. The third-order valence-electron chi connectivity index (χ3n) is 2.40. The number of aromatic amines is 1. The van der Waals surface area contributed by atoms with E-state index in [-0.39, 0.29) is 0 Å². The Morgan fingerprint density at radius 1 is 1.11 bits per heavy atom. The largest absolute Gasteiger partial charge is 0.455 e. The molecule has 0 aliphatic carbocycles. The van der Waals surface area contributed by atoms with E-state index >= 15 is 0 Å². The van der Waals surface area contributed by atoms with E-state index in [1.807, 2.05) is 42.5 Å². The van der Waals surface area contributed by atoms with Crippen LogP contribution in [0.1, 0.15) is 5.76 Å². The number of nitrogens with one attached hydrogen (secondary N) is 1. The van der Waals surface area contributed by atoms with E-state index in [9.17, 15) is 0 Å². The van der Waals surface area contributed by atoms with Crippen molar-refractivity contribution in [2.24, 2.45) is 4.99 Å². The van der Waals surface area contributed by atoms with Crippen molar-refractivity contribution in [2.75, 3.05) is 0 Å². The highest BCUT2D eigenvalue weighted by Gasteiger charge is 2.02. The Morgan fingerprint density at radius 2 is 2.00 bits per heavy atom. The predicted octanol–water partition coefficient (Wildman–Crippen LogP) is 2.82. The first-order valence-electron chi connectivity index (χ1n) is 5.46. The molecule has 5 nitrogen and oxygen atoms in total. The Hall–Kier alpha value is -2.69. The molecule has 0 saturated heterocycles. The smallest absolute Gasteiger partial charge is 0.245 e. The van der Waals surface area contributed by atoms with Gasteiger partial charge in [-0.2, -0.15) is 10.1 Å². The molecule has 0 saturated carbocycles. The lowest BCUT2D eigenvalue weighted by atomic mass is 10.2. The maximum atomic E-state index is 5.66. The molecule has 0 atom stereocenters. The first-order chi connectivity index (χ1) is 8.92. The Kier molecular flexibility index (Phi) is 2.71. The van der Waals surface area contributed by atoms with Crippen molar-refractivity contribution >= 4 is 12.2 Å². The van der Waals surface area contributed by atoms with Crippen molar-refractivity contribution in [1.82, 2.24) is 15.2 Å². The summed E-state index contributed by atoms with van der Waals surface area (Å²) in [5.41, 5.74) is 1.04. The van der Waals surface area contributed by atoms with Crippen LogP contribution in [-0.2, 0) is 0 Å². The van der Waals surface area contributed by atoms with Crippen molar-refractivity contribution in [3.05, 3.63) is 54.6 Å². The van der Waals surface area contributed by atoms with Crippen LogP contribution in [0.25, 0.3) is 11.3 Å². The van der Waals surface area contributed by atoms with Gasteiger partial charge in [-0.3, -0.25) is 0 Å². The lowest BCUT2D eigenvalue weighted by Gasteiger charge is -1.94. The van der Waals surface area contributed by atoms with Crippen LogP contribution in [0.4, 0.5) is 5.95 Å². The van der Waals surface area contributed by atoms with Crippen molar-refractivity contribution in [2.45, 2.75) is 0 Å². The fraction of sp³-hybridized carbons (Fsp3) is 0. The average molecular weight is 238 g/mol. The first kappa shape index (κ1) is 10.5. The molecule has 0 spiro atoms. The van der Waals surface area contributed by atoms with Crippen LogP contribution in [0.3, 0.4) is 0 Å². The Bertz CT molecular complexity index is 641. The van der Waals surface area contributed by atoms with Crippen LogP contribution in [0, 0.1) is 0 Å². The Labute approximate surface area is 103 Å². The molecule has 0 unspecified atom stereocenters. The summed E-state index contributed by atoms with van der Waals surface area (Å²) in [6.07, 6.45) is 3.01. The second-order valence-electron chi connectivity index (χ2n) is 3.64. The molecule has 1 aromatic carbocycles. The van der Waals surface area contributed by atoms with E-state index in [2.05, 4.69) is 20.2 Å². The molecule has 0 aliphatic heterocycles. The lowest BCUT2D eigenvalue weighted by molar-refractivity contribution is 0.575. The maximum Gasteiger partial charge on any atom is 0.245 e. The zero-order chi connectivity index (χ0) is 12.2. The molecule has 0 radical (unpaired) electrons. The quantitative estimate of drug-likeness (QED) is 0.713. The minimum Gasteiger partial charge on any atom is -0.455 e. The topological polar surface area (TPSA) is 67.1 Å². The van der Waals surface area contributed by atoms with E-state index in [1.54, 1.807) is 6.21 Å². The number of furan rings is 1. The molecule has 3 rings (SSSR count). The molecule has 0 bridgehead atoms. The summed E-state index contributed by atoms with van der Waals surface area (Å²) in [6, 6.07) is 13.7. The van der Waals surface area contributed by atoms with E-state index in [0.29, 0.717) is 11.7 Å². The van der Waals surface area contributed by atoms with Gasteiger partial charge < -0.3 is 4.42 Å². The standard InChI is InChI=1S/C13H10N4O/c1-2-4-10(5-3-1)12-7-6-11(18-12)8-14-13-15-9-16-17-13/h1-9H,(H,15,16,17). The van der Waals surface area contributed by atoms with E-state index < -0.39 is 0 Å². The summed E-state index contributed by atoms with van der Waals surface area (Å²) in [5, 5.41) is 6.35. The molecule has 0 fully saturated rings. The average Bonchev–Trinajstić information content (AvgIpc) is 3.09. The summed E-state index contributed by atoms with van der Waals surface area (Å²) < 4.78 is 5.66. The minimum atomic E-state index is 0.452. The molecule has 3 aromatic rings. The summed E-state index contributed by atoms with van der Waals surface area (Å²) >= 11 is 0. The second-order valence-corrected chi connectivity index (χ2v) is 3.64. The van der Waals surface area contributed by atoms with Crippen LogP contribution in [0.5, 0.6) is 0 Å². The molecule has 18 heavy (non-hydrogen) atoms. The van der Waals surface area contributed by atoms with Crippen LogP contribution < -0.4 is 0 Å². The van der Waals surface area contributed by atoms with Crippen molar-refractivity contribution < 1.29 is 4.42 Å². The van der Waals surface area contributed by atoms with E-state index in [1.165, 1.54) is 6.33 Å². The van der Waals surface area contributed by atoms with Gasteiger partial charge in [-0.25, -0.2) is 10.1 Å². The number of nitrogens with zero attached hydrogens (tertiary/aromatic N) is 3. The maximum absolute atomic E-state index is 5.66. The summed E-state index contributed by atoms with van der Waals surface area (Å²) in [6.45, 7) is 0. The molecule has 2 heterocycles. The highest BCUT2D eigenvalue weighted by Crippen LogP contribution is 2.21. The molecular weight excluding hydrogens is 228 g/mol. The van der Waals surface area contributed by atoms with Crippen LogP contribution in [0.2, 0.25) is 0 Å². The summed E-state index contributed by atoms with van der Waals surface area (Å²) in [4.78, 5) is 7.99. The summed E-state index contributed by atoms with van der Waals surface area (Å²) in [7, 11) is 0. The van der Waals surface area contributed by atoms with Gasteiger partial charge >= 0.3 is 0 Å². The minimum absolute atomic E-state index is 0.452. The third kappa shape index (κ3) is 2.20. The van der Waals surface area contributed by atoms with Crippen LogP contribution >= 0.6 is 0 Å². The Balaban J connectivity index is 1.82. The highest BCUT2D eigenvalue weighted by atomic mass is 16.3. The molecule has 1 N–H and O–H groups in total. The lowest BCUT2D eigenvalue weighted by Crippen LogP contribution is -1.76. The normalized spacial score (nSPS) is 11.1. The van der Waals surface area contributed by atoms with Gasteiger partial charge in [0, 0.05) is 5.56 Å². The third-order valence-corrected chi connectivity index (χ3v) is 2.40. The van der Waals surface area contributed by atoms with E-state index in [0.717, 1.165) is 11.3 Å². The zero-order valence-corrected chi connectivity index (χ0v) is 9.45. The van der Waals surface area contributed by atoms with Crippen LogP contribution in [-0.4, -0.2) is 21.4 Å². The number of H-pyrrole nitrogens is 1. The molecular formula is C13H10N4O. The monoisotopic (exact) mass is 238 g/mol. The van der Waals surface area contributed by atoms with Crippen molar-refractivity contribution in [3.8, 4) is 11.3 Å². The van der Waals surface area contributed by atoms with Crippen LogP contribution in [0.15, 0.2) is 58.2 Å². The summed E-state index contributed by atoms with van der Waals surface area (Å²) in [5.74, 6) is 1.94. The van der Waals surface area contributed by atoms with Gasteiger partial charge in [0.15, 0.2) is 0 Å². The van der Waals surface area contributed by atoms with Gasteiger partial charge in [-0.1, -0.05) is 30.3 Å². The molecule has 5 heteroatoms. The number of aliphatic imine (C=N–C) groups is 1. The number of hydrogen-bond donors (Lipinski definition) is 1. The van der Waals surface area contributed by atoms with Gasteiger partial charge in [0.05, 0.1) is 6.21 Å². The fourth-order valence-corrected chi connectivity index (χ4v) is 1.57. The SMILES string of the molecule is C(=Nc1ncn[nH]1)c1ccc(-c2ccccc2)o1. The van der Waals surface area contributed by atoms with Gasteiger partial charge in [0.2, 0.25) is 5.95 Å². The number of benzene rings is 1. The van der Waals surface area contributed by atoms with E-state index in [4.69, 9.17) is 4.42 Å². The Morgan fingerprint density at radius 3 is 2.78 bits per heavy atom. The van der Waals surface area contributed by atoms with Gasteiger partial charge in [0.1, 0.15) is 17.8 Å². The van der Waals surface area contributed by atoms with Gasteiger partial charge in [-0.15, -0.1) is 0 Å². The highest BCUT2D eigenvalue weighted by molar-refractivity contribution is 5.79. The zero-order valence-electron chi connectivity index (χ0n) is 9.45. The second kappa shape index (κ2) is 4.67.